The highest BCUT2D eigenvalue weighted by Crippen LogP contribution is 2.18. The van der Waals surface area contributed by atoms with E-state index in [0.717, 1.165) is 5.76 Å². The summed E-state index contributed by atoms with van der Waals surface area (Å²) in [7, 11) is 5.69. The molecular formula is C19H27FN4O2. The number of nitrogens with zero attached hydrogens (tertiary/aromatic N) is 2. The first kappa shape index (κ1) is 19.8. The maximum absolute atomic E-state index is 13.6. The normalized spacial score (nSPS) is 14.2. The maximum Gasteiger partial charge on any atom is 0.191 e. The van der Waals surface area contributed by atoms with Crippen molar-refractivity contribution in [1.82, 2.24) is 15.5 Å². The predicted octanol–water partition coefficient (Wildman–Crippen LogP) is 2.65. The molecule has 142 valence electrons. The van der Waals surface area contributed by atoms with Crippen molar-refractivity contribution in [2.75, 3.05) is 34.2 Å². The number of rotatable bonds is 8. The summed E-state index contributed by atoms with van der Waals surface area (Å²) in [5.41, 5.74) is 0. The largest absolute Gasteiger partial charge is 0.486 e. The van der Waals surface area contributed by atoms with Crippen molar-refractivity contribution in [1.29, 1.82) is 0 Å². The summed E-state index contributed by atoms with van der Waals surface area (Å²) in [4.78, 5) is 6.29. The summed E-state index contributed by atoms with van der Waals surface area (Å²) >= 11 is 0. The molecule has 2 aromatic rings. The van der Waals surface area contributed by atoms with Crippen molar-refractivity contribution in [3.8, 4) is 5.75 Å². The second-order valence-corrected chi connectivity index (χ2v) is 6.19. The molecule has 0 spiro atoms. The van der Waals surface area contributed by atoms with Crippen LogP contribution in [0.3, 0.4) is 0 Å². The molecule has 0 saturated carbocycles. The van der Waals surface area contributed by atoms with Crippen LogP contribution in [0.15, 0.2) is 52.1 Å². The zero-order valence-electron chi connectivity index (χ0n) is 15.7. The van der Waals surface area contributed by atoms with E-state index in [2.05, 4.69) is 20.5 Å². The van der Waals surface area contributed by atoms with Gasteiger partial charge < -0.3 is 19.8 Å². The summed E-state index contributed by atoms with van der Waals surface area (Å²) < 4.78 is 24.8. The Morgan fingerprint density at radius 2 is 1.92 bits per heavy atom. The lowest BCUT2D eigenvalue weighted by atomic mass is 10.2. The number of halogens is 1. The van der Waals surface area contributed by atoms with Gasteiger partial charge in [-0.05, 0) is 45.3 Å². The quantitative estimate of drug-likeness (QED) is 0.558. The van der Waals surface area contributed by atoms with Crippen LogP contribution in [-0.2, 0) is 0 Å². The number of para-hydroxylation sites is 1. The predicted molar refractivity (Wildman–Crippen MR) is 101 cm³/mol. The molecular weight excluding hydrogens is 335 g/mol. The van der Waals surface area contributed by atoms with E-state index in [1.807, 2.05) is 33.2 Å². The van der Waals surface area contributed by atoms with Crippen molar-refractivity contribution in [2.24, 2.45) is 4.99 Å². The lowest BCUT2D eigenvalue weighted by Crippen LogP contribution is -2.44. The van der Waals surface area contributed by atoms with Crippen LogP contribution in [0.4, 0.5) is 4.39 Å². The van der Waals surface area contributed by atoms with Crippen molar-refractivity contribution in [3.05, 3.63) is 54.2 Å². The number of benzene rings is 1. The van der Waals surface area contributed by atoms with Gasteiger partial charge in [-0.15, -0.1) is 0 Å². The van der Waals surface area contributed by atoms with Crippen LogP contribution in [0, 0.1) is 5.82 Å². The SMILES string of the molecule is CN=C(NCC(C)Oc1ccccc1F)NCC(c1ccco1)N(C)C. The molecule has 0 radical (unpaired) electrons. The van der Waals surface area contributed by atoms with E-state index in [-0.39, 0.29) is 23.7 Å². The smallest absolute Gasteiger partial charge is 0.191 e. The van der Waals surface area contributed by atoms with Crippen LogP contribution in [0.25, 0.3) is 0 Å². The molecule has 0 aliphatic rings. The first-order valence-electron chi connectivity index (χ1n) is 8.56. The van der Waals surface area contributed by atoms with E-state index in [9.17, 15) is 4.39 Å². The van der Waals surface area contributed by atoms with Gasteiger partial charge in [0.2, 0.25) is 0 Å². The molecule has 26 heavy (non-hydrogen) atoms. The Morgan fingerprint density at radius 1 is 1.19 bits per heavy atom. The van der Waals surface area contributed by atoms with Gasteiger partial charge in [0.1, 0.15) is 11.9 Å². The molecule has 0 fully saturated rings. The van der Waals surface area contributed by atoms with E-state index >= 15 is 0 Å². The maximum atomic E-state index is 13.6. The topological polar surface area (TPSA) is 62.0 Å². The average Bonchev–Trinajstić information content (AvgIpc) is 3.14. The number of furan rings is 1. The Morgan fingerprint density at radius 3 is 2.54 bits per heavy atom. The van der Waals surface area contributed by atoms with Crippen molar-refractivity contribution in [2.45, 2.75) is 19.1 Å². The van der Waals surface area contributed by atoms with Crippen LogP contribution >= 0.6 is 0 Å². The van der Waals surface area contributed by atoms with E-state index in [1.54, 1.807) is 31.5 Å². The summed E-state index contributed by atoms with van der Waals surface area (Å²) in [6.07, 6.45) is 1.45. The highest BCUT2D eigenvalue weighted by atomic mass is 19.1. The fourth-order valence-corrected chi connectivity index (χ4v) is 2.47. The summed E-state index contributed by atoms with van der Waals surface area (Å²) in [5.74, 6) is 1.41. The van der Waals surface area contributed by atoms with Crippen molar-refractivity contribution >= 4 is 5.96 Å². The van der Waals surface area contributed by atoms with Crippen LogP contribution in [0.5, 0.6) is 5.75 Å². The average molecular weight is 362 g/mol. The molecule has 6 nitrogen and oxygen atoms in total. The minimum absolute atomic E-state index is 0.0793. The summed E-state index contributed by atoms with van der Waals surface area (Å²) in [6, 6.07) is 10.3. The van der Waals surface area contributed by atoms with Gasteiger partial charge >= 0.3 is 0 Å². The van der Waals surface area contributed by atoms with Crippen molar-refractivity contribution in [3.63, 3.8) is 0 Å². The molecule has 1 aromatic heterocycles. The first-order chi connectivity index (χ1) is 12.5. The highest BCUT2D eigenvalue weighted by Gasteiger charge is 2.17. The molecule has 0 aliphatic carbocycles. The molecule has 1 heterocycles. The van der Waals surface area contributed by atoms with E-state index < -0.39 is 0 Å². The monoisotopic (exact) mass is 362 g/mol. The van der Waals surface area contributed by atoms with Gasteiger partial charge in [0.15, 0.2) is 17.5 Å². The first-order valence-corrected chi connectivity index (χ1v) is 8.56. The summed E-state index contributed by atoms with van der Waals surface area (Å²) in [6.45, 7) is 2.99. The fourth-order valence-electron chi connectivity index (χ4n) is 2.47. The second kappa shape index (κ2) is 9.82. The number of hydrogen-bond donors (Lipinski definition) is 2. The molecule has 0 saturated heterocycles. The molecule has 0 aliphatic heterocycles. The molecule has 0 bridgehead atoms. The zero-order chi connectivity index (χ0) is 18.9. The number of likely N-dealkylation sites (N-methyl/N-ethyl adjacent to an activating group) is 1. The molecule has 7 heteroatoms. The third-order valence-electron chi connectivity index (χ3n) is 3.90. The third kappa shape index (κ3) is 5.77. The van der Waals surface area contributed by atoms with Gasteiger partial charge in [0, 0.05) is 13.6 Å². The van der Waals surface area contributed by atoms with E-state index in [0.29, 0.717) is 19.0 Å². The van der Waals surface area contributed by atoms with Crippen LogP contribution < -0.4 is 15.4 Å². The Labute approximate surface area is 154 Å². The van der Waals surface area contributed by atoms with Gasteiger partial charge in [-0.1, -0.05) is 12.1 Å². The van der Waals surface area contributed by atoms with Gasteiger partial charge in [0.25, 0.3) is 0 Å². The van der Waals surface area contributed by atoms with Crippen LogP contribution in [-0.4, -0.2) is 51.2 Å². The lowest BCUT2D eigenvalue weighted by Gasteiger charge is -2.24. The highest BCUT2D eigenvalue weighted by molar-refractivity contribution is 5.79. The third-order valence-corrected chi connectivity index (χ3v) is 3.90. The fraction of sp³-hybridized carbons (Fsp3) is 0.421. The number of hydrogen-bond acceptors (Lipinski definition) is 4. The van der Waals surface area contributed by atoms with Crippen molar-refractivity contribution < 1.29 is 13.5 Å². The number of nitrogens with one attached hydrogen (secondary N) is 2. The zero-order valence-corrected chi connectivity index (χ0v) is 15.7. The van der Waals surface area contributed by atoms with E-state index in [1.165, 1.54) is 6.07 Å². The van der Waals surface area contributed by atoms with Crippen LogP contribution in [0.2, 0.25) is 0 Å². The lowest BCUT2D eigenvalue weighted by molar-refractivity contribution is 0.213. The molecule has 1 aromatic carbocycles. The number of ether oxygens (including phenoxy) is 1. The molecule has 2 N–H and O–H groups in total. The minimum atomic E-state index is -0.367. The Bertz CT molecular complexity index is 689. The van der Waals surface area contributed by atoms with Gasteiger partial charge in [-0.3, -0.25) is 9.89 Å². The van der Waals surface area contributed by atoms with Gasteiger partial charge in [-0.25, -0.2) is 4.39 Å². The van der Waals surface area contributed by atoms with Gasteiger partial charge in [-0.2, -0.15) is 0 Å². The Kier molecular flexibility index (Phi) is 7.47. The molecule has 2 rings (SSSR count). The Balaban J connectivity index is 1.82. The standard InChI is InChI=1S/C19H27FN4O2/c1-14(26-17-9-6-5-8-15(17)20)12-22-19(21-2)23-13-16(24(3)4)18-10-7-11-25-18/h5-11,14,16H,12-13H2,1-4H3,(H2,21,22,23). The summed E-state index contributed by atoms with van der Waals surface area (Å²) in [5, 5.41) is 6.47. The van der Waals surface area contributed by atoms with Crippen LogP contribution in [0.1, 0.15) is 18.7 Å². The molecule has 0 amide bonds. The molecule has 2 atom stereocenters. The number of aliphatic imine (C=N–C) groups is 1. The van der Waals surface area contributed by atoms with Gasteiger partial charge in [0.05, 0.1) is 18.8 Å². The molecule has 2 unspecified atom stereocenters. The van der Waals surface area contributed by atoms with E-state index in [4.69, 9.17) is 9.15 Å². The second-order valence-electron chi connectivity index (χ2n) is 6.19. The Hall–Kier alpha value is -2.54. The minimum Gasteiger partial charge on any atom is -0.486 e. The number of guanidine groups is 1.